The summed E-state index contributed by atoms with van der Waals surface area (Å²) in [5.74, 6) is 1.75. The lowest BCUT2D eigenvalue weighted by atomic mass is 10.1. The number of nitrogens with zero attached hydrogens (tertiary/aromatic N) is 8. The van der Waals surface area contributed by atoms with Crippen molar-refractivity contribution in [1.29, 1.82) is 0 Å². The van der Waals surface area contributed by atoms with Gasteiger partial charge in [-0.05, 0) is 121 Å². The van der Waals surface area contributed by atoms with Gasteiger partial charge in [-0.1, -0.05) is 22.6 Å². The van der Waals surface area contributed by atoms with E-state index >= 15 is 0 Å². The first-order valence-corrected chi connectivity index (χ1v) is 16.9. The molecule has 0 aliphatic carbocycles. The Morgan fingerprint density at radius 1 is 0.689 bits per heavy atom. The monoisotopic (exact) mass is 745 g/mol. The molecule has 1 N–H and O–H groups in total. The van der Waals surface area contributed by atoms with Gasteiger partial charge in [0.15, 0.2) is 0 Å². The molecule has 4 rings (SSSR count). The molecule has 4 aromatic rings. The average Bonchev–Trinajstić information content (AvgIpc) is 3.66. The van der Waals surface area contributed by atoms with Crippen LogP contribution in [0.3, 0.4) is 0 Å². The van der Waals surface area contributed by atoms with Gasteiger partial charge >= 0.3 is 0 Å². The van der Waals surface area contributed by atoms with Crippen molar-refractivity contribution in [1.82, 2.24) is 45.1 Å². The fourth-order valence-electron chi connectivity index (χ4n) is 4.62. The lowest BCUT2D eigenvalue weighted by Gasteiger charge is -2.12. The predicted octanol–water partition coefficient (Wildman–Crippen LogP) is 4.83. The number of hydrogen-bond donors (Lipinski definition) is 1. The molecule has 13 heteroatoms. The van der Waals surface area contributed by atoms with Crippen LogP contribution in [0.25, 0.3) is 0 Å². The maximum atomic E-state index is 5.91. The van der Waals surface area contributed by atoms with Crippen LogP contribution in [-0.4, -0.2) is 94.3 Å². The lowest BCUT2D eigenvalue weighted by Crippen LogP contribution is -2.15. The summed E-state index contributed by atoms with van der Waals surface area (Å²) in [5, 5.41) is 20.6. The first kappa shape index (κ1) is 35.0. The van der Waals surface area contributed by atoms with E-state index in [1.807, 2.05) is 33.9 Å². The molecule has 0 unspecified atom stereocenters. The third-order valence-corrected chi connectivity index (χ3v) is 8.29. The van der Waals surface area contributed by atoms with Gasteiger partial charge in [0.2, 0.25) is 0 Å². The van der Waals surface area contributed by atoms with Crippen molar-refractivity contribution in [2.75, 3.05) is 54.5 Å². The second-order valence-electron chi connectivity index (χ2n) is 11.6. The molecule has 0 aliphatic rings. The molecule has 0 amide bonds. The van der Waals surface area contributed by atoms with Crippen LogP contribution >= 0.6 is 31.9 Å². The van der Waals surface area contributed by atoms with Crippen LogP contribution in [0.2, 0.25) is 0 Å². The van der Waals surface area contributed by atoms with E-state index in [9.17, 15) is 0 Å². The third-order valence-electron chi connectivity index (χ3n) is 7.05. The highest BCUT2D eigenvalue weighted by molar-refractivity contribution is 9.10. The fraction of sp³-hybridized carbons (Fsp3) is 0.500. The second-order valence-corrected chi connectivity index (χ2v) is 13.3. The van der Waals surface area contributed by atoms with Crippen LogP contribution in [0.4, 0.5) is 0 Å². The largest absolute Gasteiger partial charge is 0.492 e. The van der Waals surface area contributed by atoms with E-state index in [0.29, 0.717) is 26.3 Å². The van der Waals surface area contributed by atoms with Crippen LogP contribution in [0.1, 0.15) is 35.4 Å². The third kappa shape index (κ3) is 12.5. The van der Waals surface area contributed by atoms with Crippen molar-refractivity contribution in [3.63, 3.8) is 0 Å². The van der Waals surface area contributed by atoms with Gasteiger partial charge in [0.1, 0.15) is 11.5 Å². The van der Waals surface area contributed by atoms with Crippen molar-refractivity contribution >= 4 is 31.9 Å². The van der Waals surface area contributed by atoms with Gasteiger partial charge in [0.25, 0.3) is 0 Å². The molecule has 0 fully saturated rings. The Kier molecular flexibility index (Phi) is 14.3. The molecule has 45 heavy (non-hydrogen) atoms. The molecule has 11 nitrogen and oxygen atoms in total. The molecule has 0 aliphatic heterocycles. The summed E-state index contributed by atoms with van der Waals surface area (Å²) in [6, 6.07) is 12.5. The summed E-state index contributed by atoms with van der Waals surface area (Å²) in [7, 11) is 8.28. The summed E-state index contributed by atoms with van der Waals surface area (Å²) in [4.78, 5) is 4.32. The van der Waals surface area contributed by atoms with Gasteiger partial charge in [-0.15, -0.1) is 10.2 Å². The standard InChI is InChI=1S/C32H45Br2N9O2/c1-40(2)13-5-17-44-31-9-7-25(19-29(31)33)11-15-42-23-27(36-38-42)21-35-22-28-24-43(39-37-28)16-12-26-8-10-32(30(34)20-26)45-18-6-14-41(3)4/h7-10,19-20,23-24,35H,5-6,11-18,21-22H2,1-4H3. The van der Waals surface area contributed by atoms with Crippen LogP contribution in [0, 0.1) is 0 Å². The van der Waals surface area contributed by atoms with Gasteiger partial charge in [-0.2, -0.15) is 0 Å². The van der Waals surface area contributed by atoms with E-state index in [4.69, 9.17) is 9.47 Å². The molecule has 0 saturated heterocycles. The van der Waals surface area contributed by atoms with E-state index in [-0.39, 0.29) is 0 Å². The van der Waals surface area contributed by atoms with Crippen LogP contribution < -0.4 is 14.8 Å². The Morgan fingerprint density at radius 2 is 1.13 bits per heavy atom. The maximum absolute atomic E-state index is 5.91. The zero-order valence-electron chi connectivity index (χ0n) is 26.8. The minimum absolute atomic E-state index is 0.607. The van der Waals surface area contributed by atoms with E-state index < -0.39 is 0 Å². The summed E-state index contributed by atoms with van der Waals surface area (Å²) in [5.41, 5.74) is 4.21. The molecule has 2 aromatic heterocycles. The second kappa shape index (κ2) is 18.3. The van der Waals surface area contributed by atoms with Crippen molar-refractivity contribution < 1.29 is 9.47 Å². The number of aryl methyl sites for hydroxylation is 4. The molecule has 2 heterocycles. The number of nitrogens with one attached hydrogen (secondary N) is 1. The average molecular weight is 748 g/mol. The summed E-state index contributed by atoms with van der Waals surface area (Å²) in [6.07, 6.45) is 7.66. The Labute approximate surface area is 283 Å². The SMILES string of the molecule is CN(C)CCCOc1ccc(CCn2cc(CNCc3cn(CCc4ccc(OCCCN(C)C)c(Br)c4)nn3)nn2)cc1Br. The highest BCUT2D eigenvalue weighted by Gasteiger charge is 2.08. The van der Waals surface area contributed by atoms with E-state index in [2.05, 4.69) is 120 Å². The Morgan fingerprint density at radius 3 is 1.53 bits per heavy atom. The topological polar surface area (TPSA) is 98.4 Å². The van der Waals surface area contributed by atoms with E-state index in [1.165, 1.54) is 11.1 Å². The number of halogens is 2. The molecule has 0 atom stereocenters. The van der Waals surface area contributed by atoms with E-state index in [1.54, 1.807) is 0 Å². The van der Waals surface area contributed by atoms with Crippen molar-refractivity contribution in [2.45, 2.75) is 51.9 Å². The molecule has 0 radical (unpaired) electrons. The first-order chi connectivity index (χ1) is 21.7. The minimum Gasteiger partial charge on any atom is -0.492 e. The normalized spacial score (nSPS) is 11.6. The highest BCUT2D eigenvalue weighted by atomic mass is 79.9. The molecule has 0 bridgehead atoms. The number of hydrogen-bond acceptors (Lipinski definition) is 9. The Balaban J connectivity index is 1.13. The van der Waals surface area contributed by atoms with Crippen molar-refractivity contribution in [2.24, 2.45) is 0 Å². The van der Waals surface area contributed by atoms with Gasteiger partial charge in [0.05, 0.1) is 33.5 Å². The van der Waals surface area contributed by atoms with Gasteiger partial charge in [-0.25, -0.2) is 0 Å². The minimum atomic E-state index is 0.607. The predicted molar refractivity (Wildman–Crippen MR) is 184 cm³/mol. The fourth-order valence-corrected chi connectivity index (χ4v) is 5.70. The Bertz CT molecular complexity index is 1350. The van der Waals surface area contributed by atoms with Crippen LogP contribution in [-0.2, 0) is 39.0 Å². The van der Waals surface area contributed by atoms with Crippen LogP contribution in [0.15, 0.2) is 57.7 Å². The highest BCUT2D eigenvalue weighted by Crippen LogP contribution is 2.27. The quantitative estimate of drug-likeness (QED) is 0.128. The Hall–Kier alpha value is -2.84. The molecule has 2 aromatic carbocycles. The maximum Gasteiger partial charge on any atom is 0.133 e. The smallest absolute Gasteiger partial charge is 0.133 e. The summed E-state index contributed by atoms with van der Waals surface area (Å²) in [6.45, 7) is 6.14. The zero-order chi connectivity index (χ0) is 32.0. The van der Waals surface area contributed by atoms with Crippen molar-refractivity contribution in [3.8, 4) is 11.5 Å². The zero-order valence-corrected chi connectivity index (χ0v) is 29.9. The molecule has 244 valence electrons. The molecule has 0 saturated carbocycles. The number of aromatic nitrogens is 6. The van der Waals surface area contributed by atoms with Gasteiger partial charge < -0.3 is 24.6 Å². The van der Waals surface area contributed by atoms with Crippen LogP contribution in [0.5, 0.6) is 11.5 Å². The van der Waals surface area contributed by atoms with Gasteiger partial charge in [-0.3, -0.25) is 9.36 Å². The molecular weight excluding hydrogens is 702 g/mol. The van der Waals surface area contributed by atoms with E-state index in [0.717, 1.165) is 83.7 Å². The summed E-state index contributed by atoms with van der Waals surface area (Å²) < 4.78 is 17.5. The lowest BCUT2D eigenvalue weighted by molar-refractivity contribution is 0.280. The van der Waals surface area contributed by atoms with Crippen molar-refractivity contribution in [3.05, 3.63) is 80.3 Å². The van der Waals surface area contributed by atoms with Gasteiger partial charge in [0, 0.05) is 51.7 Å². The number of benzene rings is 2. The molecular formula is C32H45Br2N9O2. The number of rotatable bonds is 20. The molecule has 0 spiro atoms. The summed E-state index contributed by atoms with van der Waals surface area (Å²) >= 11 is 7.29. The first-order valence-electron chi connectivity index (χ1n) is 15.4. The number of ether oxygens (including phenoxy) is 2.